The lowest BCUT2D eigenvalue weighted by Crippen LogP contribution is -2.43. The number of benzene rings is 1. The molecule has 3 aliphatic rings. The SMILES string of the molecule is N[C@@H]1CN(C(=O)C2=CC=CN3CCS(=O)(=O)N=C23)C[C@H]1c1ccccc1. The molecule has 1 amide bonds. The van der Waals surface area contributed by atoms with Crippen molar-refractivity contribution >= 4 is 21.8 Å². The number of allylic oxidation sites excluding steroid dienone is 2. The Balaban J connectivity index is 1.59. The molecule has 7 nitrogen and oxygen atoms in total. The van der Waals surface area contributed by atoms with Gasteiger partial charge in [0, 0.05) is 37.8 Å². The average molecular weight is 372 g/mol. The third-order valence-corrected chi connectivity index (χ3v) is 6.12. The quantitative estimate of drug-likeness (QED) is 0.813. The summed E-state index contributed by atoms with van der Waals surface area (Å²) in [4.78, 5) is 16.5. The van der Waals surface area contributed by atoms with Crippen molar-refractivity contribution in [2.45, 2.75) is 12.0 Å². The number of carbonyl (C=O) groups excluding carboxylic acids is 1. The van der Waals surface area contributed by atoms with E-state index in [9.17, 15) is 13.2 Å². The van der Waals surface area contributed by atoms with Gasteiger partial charge in [0.15, 0.2) is 5.84 Å². The van der Waals surface area contributed by atoms with Gasteiger partial charge in [0.25, 0.3) is 15.9 Å². The molecule has 0 radical (unpaired) electrons. The minimum absolute atomic E-state index is 0.0486. The average Bonchev–Trinajstić information content (AvgIpc) is 3.02. The molecule has 1 fully saturated rings. The molecule has 0 aliphatic carbocycles. The molecule has 0 aromatic heterocycles. The normalized spacial score (nSPS) is 27.0. The molecule has 26 heavy (non-hydrogen) atoms. The summed E-state index contributed by atoms with van der Waals surface area (Å²) in [7, 11) is -3.53. The monoisotopic (exact) mass is 372 g/mol. The predicted molar refractivity (Wildman–Crippen MR) is 98.9 cm³/mol. The maximum atomic E-state index is 13.1. The third kappa shape index (κ3) is 3.06. The maximum Gasteiger partial charge on any atom is 0.257 e. The van der Waals surface area contributed by atoms with Crippen LogP contribution in [0.5, 0.6) is 0 Å². The van der Waals surface area contributed by atoms with Crippen molar-refractivity contribution in [3.05, 3.63) is 59.8 Å². The van der Waals surface area contributed by atoms with Crippen LogP contribution in [0.15, 0.2) is 58.7 Å². The van der Waals surface area contributed by atoms with Gasteiger partial charge < -0.3 is 15.5 Å². The summed E-state index contributed by atoms with van der Waals surface area (Å²) in [5.74, 6) is -0.00921. The van der Waals surface area contributed by atoms with Crippen molar-refractivity contribution in [3.63, 3.8) is 0 Å². The molecule has 3 aliphatic heterocycles. The van der Waals surface area contributed by atoms with Crippen LogP contribution in [0, 0.1) is 0 Å². The molecule has 1 aromatic carbocycles. The Morgan fingerprint density at radius 3 is 2.73 bits per heavy atom. The van der Waals surface area contributed by atoms with Crippen LogP contribution in [0.4, 0.5) is 0 Å². The lowest BCUT2D eigenvalue weighted by molar-refractivity contribution is -0.125. The number of likely N-dealkylation sites (tertiary alicyclic amines) is 1. The van der Waals surface area contributed by atoms with Gasteiger partial charge >= 0.3 is 0 Å². The van der Waals surface area contributed by atoms with E-state index in [2.05, 4.69) is 4.40 Å². The van der Waals surface area contributed by atoms with Crippen LogP contribution in [0.25, 0.3) is 0 Å². The number of carbonyl (C=O) groups is 1. The number of hydrogen-bond donors (Lipinski definition) is 1. The van der Waals surface area contributed by atoms with Crippen LogP contribution in [0.1, 0.15) is 11.5 Å². The molecule has 4 rings (SSSR count). The molecule has 2 N–H and O–H groups in total. The van der Waals surface area contributed by atoms with Gasteiger partial charge in [0.05, 0.1) is 11.3 Å². The second-order valence-corrected chi connectivity index (χ2v) is 8.46. The van der Waals surface area contributed by atoms with E-state index in [1.807, 2.05) is 30.3 Å². The largest absolute Gasteiger partial charge is 0.336 e. The fraction of sp³-hybridized carbons (Fsp3) is 0.333. The standard InChI is InChI=1S/C18H20N4O3S/c19-16-12-22(11-15(16)13-5-2-1-3-6-13)18(23)14-7-4-8-21-9-10-26(24,25)20-17(14)21/h1-8,15-16H,9-12,19H2/t15-,16+/m0/s1. The van der Waals surface area contributed by atoms with E-state index in [0.29, 0.717) is 25.2 Å². The number of amides is 1. The van der Waals surface area contributed by atoms with Crippen LogP contribution in [0.2, 0.25) is 0 Å². The zero-order valence-electron chi connectivity index (χ0n) is 14.2. The molecular formula is C18H20N4O3S. The van der Waals surface area contributed by atoms with Crippen LogP contribution in [-0.4, -0.2) is 61.4 Å². The van der Waals surface area contributed by atoms with Crippen LogP contribution < -0.4 is 5.73 Å². The maximum absolute atomic E-state index is 13.1. The van der Waals surface area contributed by atoms with Crippen molar-refractivity contribution in [2.24, 2.45) is 10.1 Å². The first-order valence-electron chi connectivity index (χ1n) is 8.52. The van der Waals surface area contributed by atoms with Crippen molar-refractivity contribution in [1.82, 2.24) is 9.80 Å². The smallest absolute Gasteiger partial charge is 0.257 e. The van der Waals surface area contributed by atoms with E-state index in [0.717, 1.165) is 5.56 Å². The molecule has 0 unspecified atom stereocenters. The highest BCUT2D eigenvalue weighted by Gasteiger charge is 2.38. The summed E-state index contributed by atoms with van der Waals surface area (Å²) in [5.41, 5.74) is 7.69. The molecule has 3 heterocycles. The van der Waals surface area contributed by atoms with Crippen molar-refractivity contribution in [2.75, 3.05) is 25.4 Å². The van der Waals surface area contributed by atoms with E-state index >= 15 is 0 Å². The molecule has 1 saturated heterocycles. The molecule has 136 valence electrons. The Labute approximate surface area is 152 Å². The second kappa shape index (κ2) is 6.37. The highest BCUT2D eigenvalue weighted by molar-refractivity contribution is 7.90. The minimum Gasteiger partial charge on any atom is -0.336 e. The Morgan fingerprint density at radius 2 is 1.96 bits per heavy atom. The highest BCUT2D eigenvalue weighted by Crippen LogP contribution is 2.28. The molecular weight excluding hydrogens is 352 g/mol. The van der Waals surface area contributed by atoms with Gasteiger partial charge in [-0.3, -0.25) is 4.79 Å². The van der Waals surface area contributed by atoms with Gasteiger partial charge in [-0.1, -0.05) is 30.3 Å². The third-order valence-electron chi connectivity index (χ3n) is 4.97. The summed E-state index contributed by atoms with van der Waals surface area (Å²) in [6, 6.07) is 9.74. The number of nitrogens with zero attached hydrogens (tertiary/aromatic N) is 3. The highest BCUT2D eigenvalue weighted by atomic mass is 32.2. The lowest BCUT2D eigenvalue weighted by atomic mass is 9.95. The van der Waals surface area contributed by atoms with Crippen LogP contribution >= 0.6 is 0 Å². The van der Waals surface area contributed by atoms with Gasteiger partial charge in [-0.25, -0.2) is 8.42 Å². The Bertz CT molecular complexity index is 921. The molecule has 0 bridgehead atoms. The van der Waals surface area contributed by atoms with E-state index in [1.54, 1.807) is 28.2 Å². The molecule has 8 heteroatoms. The van der Waals surface area contributed by atoms with E-state index < -0.39 is 10.0 Å². The van der Waals surface area contributed by atoms with Gasteiger partial charge in [0.1, 0.15) is 0 Å². The zero-order valence-corrected chi connectivity index (χ0v) is 15.0. The van der Waals surface area contributed by atoms with Crippen LogP contribution in [-0.2, 0) is 14.8 Å². The fourth-order valence-corrected chi connectivity index (χ4v) is 4.59. The molecule has 2 atom stereocenters. The minimum atomic E-state index is -3.53. The predicted octanol–water partition coefficient (Wildman–Crippen LogP) is 0.437. The van der Waals surface area contributed by atoms with E-state index in [4.69, 9.17) is 5.73 Å². The summed E-state index contributed by atoms with van der Waals surface area (Å²) in [5, 5.41) is 0. The fourth-order valence-electron chi connectivity index (χ4n) is 3.60. The lowest BCUT2D eigenvalue weighted by Gasteiger charge is -2.30. The molecule has 0 spiro atoms. The number of hydrogen-bond acceptors (Lipinski definition) is 5. The van der Waals surface area contributed by atoms with Crippen molar-refractivity contribution in [3.8, 4) is 0 Å². The molecule has 1 aromatic rings. The Kier molecular flexibility index (Phi) is 4.16. The number of sulfonamides is 1. The van der Waals surface area contributed by atoms with Crippen LogP contribution in [0.3, 0.4) is 0 Å². The first kappa shape index (κ1) is 17.0. The molecule has 0 saturated carbocycles. The van der Waals surface area contributed by atoms with Gasteiger partial charge in [-0.05, 0) is 17.7 Å². The first-order chi connectivity index (χ1) is 12.4. The first-order valence-corrected chi connectivity index (χ1v) is 10.1. The summed E-state index contributed by atoms with van der Waals surface area (Å²) < 4.78 is 27.6. The number of rotatable bonds is 2. The van der Waals surface area contributed by atoms with E-state index in [1.165, 1.54) is 0 Å². The second-order valence-electron chi connectivity index (χ2n) is 6.71. The number of fused-ring (bicyclic) bond motifs is 1. The Morgan fingerprint density at radius 1 is 1.19 bits per heavy atom. The zero-order chi connectivity index (χ0) is 18.3. The van der Waals surface area contributed by atoms with Gasteiger partial charge in [-0.15, -0.1) is 4.40 Å². The van der Waals surface area contributed by atoms with Gasteiger partial charge in [-0.2, -0.15) is 0 Å². The Hall–Kier alpha value is -2.45. The van der Waals surface area contributed by atoms with Crippen molar-refractivity contribution < 1.29 is 13.2 Å². The number of nitrogens with two attached hydrogens (primary N) is 1. The summed E-state index contributed by atoms with van der Waals surface area (Å²) >= 11 is 0. The van der Waals surface area contributed by atoms with Gasteiger partial charge in [0.2, 0.25) is 0 Å². The summed E-state index contributed by atoms with van der Waals surface area (Å²) in [6.07, 6.45) is 5.11. The summed E-state index contributed by atoms with van der Waals surface area (Å²) in [6.45, 7) is 1.24. The van der Waals surface area contributed by atoms with Crippen molar-refractivity contribution in [1.29, 1.82) is 0 Å². The van der Waals surface area contributed by atoms with E-state index in [-0.39, 0.29) is 29.5 Å². The number of amidine groups is 1. The topological polar surface area (TPSA) is 96.1 Å².